The standard InChI is InChI=1S/C20H15BrClN3O3S/c1-27-16-5-3-11(18-14(9-23)19(26)25-20(24-18)29-2)7-12(16)10-28-17-6-4-13(22)8-15(17)21/h3-8H,10H2,1-2H3,(H,24,25,26). The summed E-state index contributed by atoms with van der Waals surface area (Å²) in [6.07, 6.45) is 1.80. The van der Waals surface area contributed by atoms with Gasteiger partial charge in [0.25, 0.3) is 5.56 Å². The van der Waals surface area contributed by atoms with Gasteiger partial charge in [-0.15, -0.1) is 0 Å². The van der Waals surface area contributed by atoms with E-state index in [0.717, 1.165) is 10.0 Å². The van der Waals surface area contributed by atoms with Crippen LogP contribution in [0.3, 0.4) is 0 Å². The van der Waals surface area contributed by atoms with Crippen LogP contribution in [0.2, 0.25) is 5.02 Å². The van der Waals surface area contributed by atoms with Crippen molar-refractivity contribution in [2.75, 3.05) is 13.4 Å². The van der Waals surface area contributed by atoms with E-state index in [1.54, 1.807) is 49.8 Å². The SMILES string of the molecule is COc1ccc(-c2nc(SC)[nH]c(=O)c2C#N)cc1COc1ccc(Cl)cc1Br. The van der Waals surface area contributed by atoms with E-state index in [9.17, 15) is 10.1 Å². The Morgan fingerprint density at radius 3 is 2.69 bits per heavy atom. The maximum Gasteiger partial charge on any atom is 0.270 e. The van der Waals surface area contributed by atoms with Gasteiger partial charge in [-0.25, -0.2) is 4.98 Å². The topological polar surface area (TPSA) is 88.0 Å². The molecule has 0 spiro atoms. The van der Waals surface area contributed by atoms with E-state index in [1.807, 2.05) is 6.07 Å². The van der Waals surface area contributed by atoms with Crippen LogP contribution in [0.25, 0.3) is 11.3 Å². The summed E-state index contributed by atoms with van der Waals surface area (Å²) in [4.78, 5) is 19.2. The second kappa shape index (κ2) is 9.35. The zero-order valence-electron chi connectivity index (χ0n) is 15.5. The normalized spacial score (nSPS) is 10.4. The lowest BCUT2D eigenvalue weighted by molar-refractivity contribution is 0.295. The summed E-state index contributed by atoms with van der Waals surface area (Å²) in [5.74, 6) is 1.24. The van der Waals surface area contributed by atoms with Crippen LogP contribution in [0.5, 0.6) is 11.5 Å². The zero-order chi connectivity index (χ0) is 21.0. The quantitative estimate of drug-likeness (QED) is 0.383. The molecule has 1 N–H and O–H groups in total. The van der Waals surface area contributed by atoms with Gasteiger partial charge in [-0.2, -0.15) is 5.26 Å². The molecule has 0 bridgehead atoms. The van der Waals surface area contributed by atoms with Crippen LogP contribution in [-0.2, 0) is 6.61 Å². The summed E-state index contributed by atoms with van der Waals surface area (Å²) in [6, 6.07) is 12.5. The first-order chi connectivity index (χ1) is 14.0. The highest BCUT2D eigenvalue weighted by atomic mass is 79.9. The van der Waals surface area contributed by atoms with Gasteiger partial charge in [-0.05, 0) is 58.6 Å². The number of hydrogen-bond acceptors (Lipinski definition) is 6. The largest absolute Gasteiger partial charge is 0.496 e. The number of aromatic amines is 1. The van der Waals surface area contributed by atoms with E-state index in [1.165, 1.54) is 11.8 Å². The molecule has 148 valence electrons. The van der Waals surface area contributed by atoms with Crippen LogP contribution in [0.15, 0.2) is 50.8 Å². The van der Waals surface area contributed by atoms with E-state index in [0.29, 0.717) is 32.9 Å². The predicted molar refractivity (Wildman–Crippen MR) is 117 cm³/mol. The third-order valence-electron chi connectivity index (χ3n) is 4.03. The van der Waals surface area contributed by atoms with Crippen LogP contribution < -0.4 is 15.0 Å². The maximum absolute atomic E-state index is 12.2. The first kappa shape index (κ1) is 21.2. The summed E-state index contributed by atoms with van der Waals surface area (Å²) in [5.41, 5.74) is 1.17. The number of methoxy groups -OCH3 is 1. The minimum atomic E-state index is -0.472. The lowest BCUT2D eigenvalue weighted by Crippen LogP contribution is -2.14. The molecule has 1 aromatic heterocycles. The third-order valence-corrected chi connectivity index (χ3v) is 5.47. The minimum Gasteiger partial charge on any atom is -0.496 e. The minimum absolute atomic E-state index is 0.0414. The van der Waals surface area contributed by atoms with Crippen molar-refractivity contribution in [1.82, 2.24) is 9.97 Å². The molecule has 0 saturated carbocycles. The number of ether oxygens (including phenoxy) is 2. The lowest BCUT2D eigenvalue weighted by atomic mass is 10.0. The van der Waals surface area contributed by atoms with Gasteiger partial charge >= 0.3 is 0 Å². The van der Waals surface area contributed by atoms with Crippen LogP contribution >= 0.6 is 39.3 Å². The lowest BCUT2D eigenvalue weighted by Gasteiger charge is -2.13. The number of aromatic nitrogens is 2. The Labute approximate surface area is 185 Å². The number of nitrogens with zero attached hydrogens (tertiary/aromatic N) is 2. The number of H-pyrrole nitrogens is 1. The van der Waals surface area contributed by atoms with Gasteiger partial charge in [0.1, 0.15) is 29.7 Å². The number of nitriles is 1. The number of halogens is 2. The summed E-state index contributed by atoms with van der Waals surface area (Å²) >= 11 is 10.7. The van der Waals surface area contributed by atoms with E-state index in [2.05, 4.69) is 25.9 Å². The second-order valence-electron chi connectivity index (χ2n) is 5.80. The number of benzene rings is 2. The molecule has 0 saturated heterocycles. The Bertz CT molecular complexity index is 1160. The molecule has 1 heterocycles. The fourth-order valence-electron chi connectivity index (χ4n) is 2.65. The van der Waals surface area contributed by atoms with Crippen molar-refractivity contribution in [2.24, 2.45) is 0 Å². The Balaban J connectivity index is 2.01. The van der Waals surface area contributed by atoms with Crippen LogP contribution in [0, 0.1) is 11.3 Å². The Kier molecular flexibility index (Phi) is 6.85. The fourth-order valence-corrected chi connectivity index (χ4v) is 3.82. The van der Waals surface area contributed by atoms with Crippen LogP contribution in [0.1, 0.15) is 11.1 Å². The highest BCUT2D eigenvalue weighted by Crippen LogP contribution is 2.31. The van der Waals surface area contributed by atoms with E-state index < -0.39 is 5.56 Å². The molecule has 0 unspecified atom stereocenters. The molecular formula is C20H15BrClN3O3S. The van der Waals surface area contributed by atoms with Gasteiger partial charge in [0.15, 0.2) is 5.16 Å². The zero-order valence-corrected chi connectivity index (χ0v) is 18.6. The van der Waals surface area contributed by atoms with Gasteiger partial charge in [0.05, 0.1) is 17.3 Å². The molecule has 3 aromatic rings. The summed E-state index contributed by atoms with van der Waals surface area (Å²) in [6.45, 7) is 0.206. The molecule has 9 heteroatoms. The van der Waals surface area contributed by atoms with Gasteiger partial charge < -0.3 is 14.5 Å². The average Bonchev–Trinajstić information content (AvgIpc) is 2.72. The molecule has 0 aliphatic rings. The van der Waals surface area contributed by atoms with Crippen LogP contribution in [-0.4, -0.2) is 23.3 Å². The second-order valence-corrected chi connectivity index (χ2v) is 7.89. The first-order valence-electron chi connectivity index (χ1n) is 8.30. The van der Waals surface area contributed by atoms with Gasteiger partial charge in [-0.1, -0.05) is 23.4 Å². The molecule has 3 rings (SSSR count). The van der Waals surface area contributed by atoms with Gasteiger partial charge in [0, 0.05) is 16.1 Å². The van der Waals surface area contributed by atoms with E-state index in [4.69, 9.17) is 21.1 Å². The number of rotatable bonds is 6. The highest BCUT2D eigenvalue weighted by molar-refractivity contribution is 9.10. The van der Waals surface area contributed by atoms with Crippen LogP contribution in [0.4, 0.5) is 0 Å². The fraction of sp³-hybridized carbons (Fsp3) is 0.150. The number of nitrogens with one attached hydrogen (secondary N) is 1. The highest BCUT2D eigenvalue weighted by Gasteiger charge is 2.16. The third kappa shape index (κ3) is 4.75. The van der Waals surface area contributed by atoms with E-state index in [-0.39, 0.29) is 12.2 Å². The first-order valence-corrected chi connectivity index (χ1v) is 10.7. The molecule has 29 heavy (non-hydrogen) atoms. The van der Waals surface area contributed by atoms with Gasteiger partial charge in [0.2, 0.25) is 0 Å². The summed E-state index contributed by atoms with van der Waals surface area (Å²) in [7, 11) is 1.56. The van der Waals surface area contributed by atoms with Gasteiger partial charge in [-0.3, -0.25) is 4.79 Å². The molecule has 2 aromatic carbocycles. The molecule has 0 fully saturated rings. The van der Waals surface area contributed by atoms with Crippen molar-refractivity contribution in [3.8, 4) is 28.8 Å². The van der Waals surface area contributed by atoms with Crippen molar-refractivity contribution >= 4 is 39.3 Å². The predicted octanol–water partition coefficient (Wildman–Crippen LogP) is 5.03. The maximum atomic E-state index is 12.2. The van der Waals surface area contributed by atoms with Crippen molar-refractivity contribution in [2.45, 2.75) is 11.8 Å². The van der Waals surface area contributed by atoms with Crippen molar-refractivity contribution < 1.29 is 9.47 Å². The van der Waals surface area contributed by atoms with Crippen molar-refractivity contribution in [3.63, 3.8) is 0 Å². The molecule has 0 amide bonds. The Morgan fingerprint density at radius 1 is 1.28 bits per heavy atom. The average molecular weight is 493 g/mol. The van der Waals surface area contributed by atoms with E-state index >= 15 is 0 Å². The summed E-state index contributed by atoms with van der Waals surface area (Å²) < 4.78 is 12.1. The number of hydrogen-bond donors (Lipinski definition) is 1. The summed E-state index contributed by atoms with van der Waals surface area (Å²) in [5, 5.41) is 10.4. The molecule has 6 nitrogen and oxygen atoms in total. The Hall–Kier alpha value is -2.47. The molecule has 0 aliphatic carbocycles. The molecule has 0 radical (unpaired) electrons. The molecular weight excluding hydrogens is 478 g/mol. The monoisotopic (exact) mass is 491 g/mol. The smallest absolute Gasteiger partial charge is 0.270 e. The molecule has 0 atom stereocenters. The Morgan fingerprint density at radius 2 is 2.03 bits per heavy atom. The van der Waals surface area contributed by atoms with Crippen molar-refractivity contribution in [3.05, 3.63) is 67.4 Å². The number of thioether (sulfide) groups is 1. The van der Waals surface area contributed by atoms with Crippen molar-refractivity contribution in [1.29, 1.82) is 5.26 Å². The molecule has 0 aliphatic heterocycles.